The van der Waals surface area contributed by atoms with Crippen molar-refractivity contribution in [2.45, 2.75) is 13.0 Å². The van der Waals surface area contributed by atoms with Crippen LogP contribution >= 0.6 is 38.5 Å². The number of pyridine rings is 1. The number of benzene rings is 1. The summed E-state index contributed by atoms with van der Waals surface area (Å²) in [5.41, 5.74) is -0.509. The molecule has 0 saturated carbocycles. The smallest absolute Gasteiger partial charge is 0.256 e. The molecule has 0 unspecified atom stereocenters. The molecule has 2 aromatic rings. The summed E-state index contributed by atoms with van der Waals surface area (Å²) < 4.78 is 40.8. The molecule has 1 aromatic heterocycles. The first-order valence-electron chi connectivity index (χ1n) is 5.44. The van der Waals surface area contributed by atoms with Crippen LogP contribution in [-0.4, -0.2) is 11.0 Å². The molecule has 0 saturated heterocycles. The average molecular weight is 546 g/mol. The number of aromatic nitrogens is 1. The van der Waals surface area contributed by atoms with Crippen LogP contribution in [0.2, 0.25) is 0 Å². The molecule has 0 atom stereocenters. The van der Waals surface area contributed by atoms with Crippen LogP contribution in [0.4, 0.5) is 13.2 Å². The molecule has 0 fully saturated rings. The molecule has 0 spiro atoms. The Hall–Kier alpha value is 0.274. The molecule has 2 nitrogen and oxygen atoms in total. The van der Waals surface area contributed by atoms with Gasteiger partial charge in [-0.1, -0.05) is 33.3 Å². The summed E-state index contributed by atoms with van der Waals surface area (Å²) in [6.07, 6.45) is -2.71. The van der Waals surface area contributed by atoms with Crippen LogP contribution in [0, 0.1) is 15.5 Å². The van der Waals surface area contributed by atoms with Gasteiger partial charge in [0, 0.05) is 37.2 Å². The van der Waals surface area contributed by atoms with E-state index in [0.717, 1.165) is 4.57 Å². The van der Waals surface area contributed by atoms with Crippen molar-refractivity contribution in [3.8, 4) is 11.3 Å². The van der Waals surface area contributed by atoms with E-state index < -0.39 is 24.3 Å². The van der Waals surface area contributed by atoms with E-state index in [1.54, 1.807) is 28.7 Å². The van der Waals surface area contributed by atoms with E-state index in [1.165, 1.54) is 18.2 Å². The molecule has 2 rings (SSSR count). The van der Waals surface area contributed by atoms with Crippen molar-refractivity contribution >= 4 is 38.5 Å². The standard InChI is InChI=1S/C13H7BrF3INO.Y/c14-7-1-2-8(9(15)5-7)11-4-3-10(18)13(20)19(11)6-12(16)17;/h1-3,5,12H,6H2;/q-1;. The topological polar surface area (TPSA) is 22.0 Å². The second-order valence-corrected chi connectivity index (χ2v) is 5.99. The summed E-state index contributed by atoms with van der Waals surface area (Å²) in [6.45, 7) is -0.795. The van der Waals surface area contributed by atoms with Gasteiger partial charge in [0.15, 0.2) is 0 Å². The van der Waals surface area contributed by atoms with Crippen molar-refractivity contribution in [2.75, 3.05) is 0 Å². The summed E-state index contributed by atoms with van der Waals surface area (Å²) in [4.78, 5) is 11.9. The molecule has 0 bridgehead atoms. The van der Waals surface area contributed by atoms with Gasteiger partial charge in [-0.05, 0) is 9.64 Å². The van der Waals surface area contributed by atoms with E-state index in [0.29, 0.717) is 4.47 Å². The Morgan fingerprint density at radius 2 is 2.05 bits per heavy atom. The normalized spacial score (nSPS) is 10.6. The third-order valence-electron chi connectivity index (χ3n) is 2.56. The van der Waals surface area contributed by atoms with Gasteiger partial charge in [0.25, 0.3) is 6.43 Å². The number of hydrogen-bond donors (Lipinski definition) is 0. The van der Waals surface area contributed by atoms with Crippen LogP contribution in [0.5, 0.6) is 0 Å². The molecule has 0 aliphatic carbocycles. The maximum atomic E-state index is 13.9. The predicted octanol–water partition coefficient (Wildman–Crippen LogP) is 4.08. The number of halogens is 5. The van der Waals surface area contributed by atoms with Gasteiger partial charge in [0.1, 0.15) is 0 Å². The Balaban J connectivity index is 0.00000220. The summed E-state index contributed by atoms with van der Waals surface area (Å²) in [5.74, 6) is -0.612. The second-order valence-electron chi connectivity index (χ2n) is 3.92. The fraction of sp³-hybridized carbons (Fsp3) is 0.154. The van der Waals surface area contributed by atoms with Crippen LogP contribution in [0.1, 0.15) is 0 Å². The summed E-state index contributed by atoms with van der Waals surface area (Å²) >= 11 is 4.85. The summed E-state index contributed by atoms with van der Waals surface area (Å²) in [6, 6.07) is 8.25. The Morgan fingerprint density at radius 3 is 2.62 bits per heavy atom. The molecule has 1 aromatic carbocycles. The first-order chi connectivity index (χ1) is 9.40. The van der Waals surface area contributed by atoms with Crippen molar-refractivity contribution < 1.29 is 45.9 Å². The predicted molar refractivity (Wildman–Crippen MR) is 81.4 cm³/mol. The molecule has 109 valence electrons. The molecule has 8 heteroatoms. The Morgan fingerprint density at radius 1 is 1.38 bits per heavy atom. The van der Waals surface area contributed by atoms with Crippen LogP contribution in [0.3, 0.4) is 0 Å². The van der Waals surface area contributed by atoms with E-state index >= 15 is 0 Å². The van der Waals surface area contributed by atoms with Gasteiger partial charge in [-0.3, -0.25) is 4.79 Å². The van der Waals surface area contributed by atoms with E-state index in [-0.39, 0.29) is 47.5 Å². The van der Waals surface area contributed by atoms with Crippen LogP contribution in [0.15, 0.2) is 33.5 Å². The van der Waals surface area contributed by atoms with Crippen molar-refractivity contribution in [3.05, 3.63) is 54.5 Å². The van der Waals surface area contributed by atoms with Gasteiger partial charge >= 0.3 is 0 Å². The first kappa shape index (κ1) is 19.3. The number of hydrogen-bond acceptors (Lipinski definition) is 1. The van der Waals surface area contributed by atoms with Crippen molar-refractivity contribution in [1.82, 2.24) is 4.57 Å². The van der Waals surface area contributed by atoms with E-state index in [2.05, 4.69) is 22.0 Å². The second kappa shape index (κ2) is 8.22. The van der Waals surface area contributed by atoms with Crippen LogP contribution in [-0.2, 0) is 39.3 Å². The van der Waals surface area contributed by atoms with Gasteiger partial charge in [-0.15, -0.1) is 28.7 Å². The fourth-order valence-corrected chi connectivity index (χ4v) is 2.50. The monoisotopic (exact) mass is 545 g/mol. The van der Waals surface area contributed by atoms with E-state index in [4.69, 9.17) is 0 Å². The van der Waals surface area contributed by atoms with Crippen molar-refractivity contribution in [2.24, 2.45) is 0 Å². The zero-order chi connectivity index (χ0) is 14.9. The third kappa shape index (κ3) is 4.62. The van der Waals surface area contributed by atoms with E-state index in [9.17, 15) is 18.0 Å². The quantitative estimate of drug-likeness (QED) is 0.421. The average Bonchev–Trinajstić information content (AvgIpc) is 2.36. The van der Waals surface area contributed by atoms with Gasteiger partial charge in [0.05, 0.1) is 12.4 Å². The summed E-state index contributed by atoms with van der Waals surface area (Å²) in [5, 5.41) is 0. The molecule has 0 amide bonds. The summed E-state index contributed by atoms with van der Waals surface area (Å²) in [7, 11) is 0. The van der Waals surface area contributed by atoms with Crippen molar-refractivity contribution in [1.29, 1.82) is 0 Å². The SMILES string of the molecule is O=c1c(I)c[c-]c(-c2ccc(Br)cc2F)n1CC(F)F.[Y]. The van der Waals surface area contributed by atoms with Gasteiger partial charge in [0.2, 0.25) is 5.56 Å². The zero-order valence-corrected chi connectivity index (χ0v) is 17.0. The Labute approximate surface area is 166 Å². The zero-order valence-electron chi connectivity index (χ0n) is 10.4. The maximum absolute atomic E-state index is 13.9. The van der Waals surface area contributed by atoms with Crippen LogP contribution < -0.4 is 5.56 Å². The molecular weight excluding hydrogens is 539 g/mol. The maximum Gasteiger partial charge on any atom is 0.256 e. The molecule has 1 radical (unpaired) electrons. The Kier molecular flexibility index (Phi) is 7.56. The molecule has 0 aliphatic heterocycles. The van der Waals surface area contributed by atoms with Gasteiger partial charge in [-0.2, -0.15) is 12.1 Å². The fourth-order valence-electron chi connectivity index (χ4n) is 1.72. The van der Waals surface area contributed by atoms with Gasteiger partial charge < -0.3 is 4.57 Å². The molecular formula is C13H7BrF3INOY-. The third-order valence-corrected chi connectivity index (χ3v) is 3.83. The first-order valence-corrected chi connectivity index (χ1v) is 7.32. The number of rotatable bonds is 3. The minimum atomic E-state index is -2.71. The molecule has 1 heterocycles. The molecule has 0 N–H and O–H groups in total. The largest absolute Gasteiger partial charge is 0.336 e. The Bertz CT molecular complexity index is 708. The van der Waals surface area contributed by atoms with Crippen LogP contribution in [0.25, 0.3) is 11.3 Å². The molecule has 21 heavy (non-hydrogen) atoms. The molecule has 0 aliphatic rings. The minimum absolute atomic E-state index is 0. The number of nitrogens with zero attached hydrogens (tertiary/aromatic N) is 1. The van der Waals surface area contributed by atoms with Crippen molar-refractivity contribution in [3.63, 3.8) is 0 Å². The van der Waals surface area contributed by atoms with E-state index in [1.807, 2.05) is 0 Å². The number of alkyl halides is 2. The van der Waals surface area contributed by atoms with Gasteiger partial charge in [-0.25, -0.2) is 13.2 Å². The minimum Gasteiger partial charge on any atom is -0.336 e.